The van der Waals surface area contributed by atoms with Gasteiger partial charge in [-0.2, -0.15) is 0 Å². The van der Waals surface area contributed by atoms with Crippen LogP contribution in [0.3, 0.4) is 0 Å². The minimum Gasteiger partial charge on any atom is -0.466 e. The standard InChI is InChI=1S/C18H26O2/c1-2-20-18(19)6-4-3-5-15-7-9-16(10-8-15)11-12-17-13-14-17/h7-10,17H,2-6,11-14H2,1H3. The third kappa shape index (κ3) is 5.77. The number of hydrogen-bond acceptors (Lipinski definition) is 2. The lowest BCUT2D eigenvalue weighted by molar-refractivity contribution is -0.143. The Hall–Kier alpha value is -1.31. The zero-order valence-electron chi connectivity index (χ0n) is 12.6. The Kier molecular flexibility index (Phi) is 6.10. The molecule has 0 aromatic heterocycles. The smallest absolute Gasteiger partial charge is 0.305 e. The highest BCUT2D eigenvalue weighted by Crippen LogP contribution is 2.33. The number of carbonyl (C=O) groups is 1. The van der Waals surface area contributed by atoms with Crippen molar-refractivity contribution in [1.29, 1.82) is 0 Å². The molecule has 0 heterocycles. The molecule has 1 aliphatic carbocycles. The Balaban J connectivity index is 1.61. The van der Waals surface area contributed by atoms with Crippen LogP contribution in [0, 0.1) is 5.92 Å². The van der Waals surface area contributed by atoms with E-state index in [1.807, 2.05) is 6.92 Å². The summed E-state index contributed by atoms with van der Waals surface area (Å²) in [5.41, 5.74) is 2.84. The molecule has 0 amide bonds. The monoisotopic (exact) mass is 274 g/mol. The van der Waals surface area contributed by atoms with Crippen LogP contribution in [-0.4, -0.2) is 12.6 Å². The second-order valence-corrected chi connectivity index (χ2v) is 5.81. The highest BCUT2D eigenvalue weighted by Gasteiger charge is 2.20. The highest BCUT2D eigenvalue weighted by atomic mass is 16.5. The number of esters is 1. The number of benzene rings is 1. The summed E-state index contributed by atoms with van der Waals surface area (Å²) in [6, 6.07) is 9.02. The van der Waals surface area contributed by atoms with Crippen molar-refractivity contribution in [3.63, 3.8) is 0 Å². The van der Waals surface area contributed by atoms with Crippen molar-refractivity contribution in [1.82, 2.24) is 0 Å². The first-order chi connectivity index (χ1) is 9.78. The van der Waals surface area contributed by atoms with E-state index >= 15 is 0 Å². The van der Waals surface area contributed by atoms with E-state index in [9.17, 15) is 4.79 Å². The topological polar surface area (TPSA) is 26.3 Å². The molecule has 2 heteroatoms. The summed E-state index contributed by atoms with van der Waals surface area (Å²) in [5.74, 6) is 0.945. The maximum Gasteiger partial charge on any atom is 0.305 e. The minimum absolute atomic E-state index is 0.0667. The van der Waals surface area contributed by atoms with E-state index in [1.54, 1.807) is 0 Å². The number of hydrogen-bond donors (Lipinski definition) is 0. The molecule has 20 heavy (non-hydrogen) atoms. The molecule has 2 rings (SSSR count). The number of rotatable bonds is 9. The van der Waals surface area contributed by atoms with Crippen LogP contribution in [-0.2, 0) is 22.4 Å². The van der Waals surface area contributed by atoms with Gasteiger partial charge >= 0.3 is 5.97 Å². The molecule has 1 aliphatic rings. The number of unbranched alkanes of at least 4 members (excludes halogenated alkanes) is 1. The van der Waals surface area contributed by atoms with Crippen molar-refractivity contribution < 1.29 is 9.53 Å². The highest BCUT2D eigenvalue weighted by molar-refractivity contribution is 5.69. The Morgan fingerprint density at radius 2 is 1.75 bits per heavy atom. The molecule has 1 saturated carbocycles. The molecule has 0 aliphatic heterocycles. The third-order valence-corrected chi connectivity index (χ3v) is 3.96. The van der Waals surface area contributed by atoms with Gasteiger partial charge in [0.05, 0.1) is 6.61 Å². The Bertz CT molecular complexity index is 404. The average Bonchev–Trinajstić information content (AvgIpc) is 3.27. The Morgan fingerprint density at radius 3 is 2.35 bits per heavy atom. The molecule has 0 atom stereocenters. The van der Waals surface area contributed by atoms with Gasteiger partial charge in [0.25, 0.3) is 0 Å². The van der Waals surface area contributed by atoms with Crippen LogP contribution in [0.2, 0.25) is 0 Å². The normalized spacial score (nSPS) is 14.2. The van der Waals surface area contributed by atoms with Gasteiger partial charge in [-0.3, -0.25) is 4.79 Å². The van der Waals surface area contributed by atoms with Gasteiger partial charge in [-0.15, -0.1) is 0 Å². The van der Waals surface area contributed by atoms with Crippen LogP contribution in [0.15, 0.2) is 24.3 Å². The zero-order valence-corrected chi connectivity index (χ0v) is 12.6. The number of carbonyl (C=O) groups excluding carboxylic acids is 1. The van der Waals surface area contributed by atoms with Gasteiger partial charge in [0.2, 0.25) is 0 Å². The van der Waals surface area contributed by atoms with E-state index in [0.29, 0.717) is 13.0 Å². The predicted molar refractivity (Wildman–Crippen MR) is 81.7 cm³/mol. The van der Waals surface area contributed by atoms with Crippen LogP contribution in [0.1, 0.15) is 56.6 Å². The molecule has 2 nitrogen and oxygen atoms in total. The van der Waals surface area contributed by atoms with Gasteiger partial charge in [-0.1, -0.05) is 37.1 Å². The van der Waals surface area contributed by atoms with Crippen LogP contribution in [0.5, 0.6) is 0 Å². The molecule has 1 aromatic rings. The van der Waals surface area contributed by atoms with Crippen molar-refractivity contribution in [3.8, 4) is 0 Å². The summed E-state index contributed by atoms with van der Waals surface area (Å²) in [7, 11) is 0. The number of ether oxygens (including phenoxy) is 1. The lowest BCUT2D eigenvalue weighted by Gasteiger charge is -2.05. The van der Waals surface area contributed by atoms with Crippen molar-refractivity contribution in [3.05, 3.63) is 35.4 Å². The summed E-state index contributed by atoms with van der Waals surface area (Å²) in [5, 5.41) is 0. The van der Waals surface area contributed by atoms with Crippen molar-refractivity contribution in [2.75, 3.05) is 6.61 Å². The van der Waals surface area contributed by atoms with E-state index in [0.717, 1.165) is 25.2 Å². The van der Waals surface area contributed by atoms with E-state index in [-0.39, 0.29) is 5.97 Å². The second kappa shape index (κ2) is 8.08. The second-order valence-electron chi connectivity index (χ2n) is 5.81. The maximum absolute atomic E-state index is 11.2. The van der Waals surface area contributed by atoms with Crippen LogP contribution < -0.4 is 0 Å². The van der Waals surface area contributed by atoms with Crippen LogP contribution >= 0.6 is 0 Å². The quantitative estimate of drug-likeness (QED) is 0.495. The first kappa shape index (κ1) is 15.1. The summed E-state index contributed by atoms with van der Waals surface area (Å²) < 4.78 is 4.92. The molecular weight excluding hydrogens is 248 g/mol. The van der Waals surface area contributed by atoms with E-state index < -0.39 is 0 Å². The maximum atomic E-state index is 11.2. The average molecular weight is 274 g/mol. The summed E-state index contributed by atoms with van der Waals surface area (Å²) in [6.07, 6.45) is 9.06. The SMILES string of the molecule is CCOC(=O)CCCCc1ccc(CCC2CC2)cc1. The van der Waals surface area contributed by atoms with Crippen molar-refractivity contribution in [2.45, 2.75) is 58.3 Å². The largest absolute Gasteiger partial charge is 0.466 e. The first-order valence-electron chi connectivity index (χ1n) is 8.01. The van der Waals surface area contributed by atoms with Crippen LogP contribution in [0.4, 0.5) is 0 Å². The Labute approximate surface area is 122 Å². The molecule has 1 fully saturated rings. The van der Waals surface area contributed by atoms with Crippen molar-refractivity contribution in [2.24, 2.45) is 5.92 Å². The Morgan fingerprint density at radius 1 is 1.10 bits per heavy atom. The van der Waals surface area contributed by atoms with Gasteiger partial charge in [0.1, 0.15) is 0 Å². The van der Waals surface area contributed by atoms with Gasteiger partial charge in [0, 0.05) is 6.42 Å². The molecule has 0 radical (unpaired) electrons. The molecule has 110 valence electrons. The van der Waals surface area contributed by atoms with E-state index in [2.05, 4.69) is 24.3 Å². The molecule has 0 N–H and O–H groups in total. The molecule has 1 aromatic carbocycles. The van der Waals surface area contributed by atoms with Gasteiger partial charge < -0.3 is 4.74 Å². The third-order valence-electron chi connectivity index (χ3n) is 3.96. The van der Waals surface area contributed by atoms with Crippen LogP contribution in [0.25, 0.3) is 0 Å². The fourth-order valence-corrected chi connectivity index (χ4v) is 2.48. The molecule has 0 bridgehead atoms. The molecule has 0 unspecified atom stereocenters. The van der Waals surface area contributed by atoms with Crippen molar-refractivity contribution >= 4 is 5.97 Å². The predicted octanol–water partition coefficient (Wildman–Crippen LogP) is 4.31. The lowest BCUT2D eigenvalue weighted by Crippen LogP contribution is -2.03. The van der Waals surface area contributed by atoms with Gasteiger partial charge in [-0.05, 0) is 56.1 Å². The summed E-state index contributed by atoms with van der Waals surface area (Å²) in [6.45, 7) is 2.34. The first-order valence-corrected chi connectivity index (χ1v) is 8.01. The zero-order chi connectivity index (χ0) is 14.2. The van der Waals surface area contributed by atoms with E-state index in [4.69, 9.17) is 4.74 Å². The minimum atomic E-state index is -0.0667. The summed E-state index contributed by atoms with van der Waals surface area (Å²) in [4.78, 5) is 11.2. The fraction of sp³-hybridized carbons (Fsp3) is 0.611. The molecular formula is C18H26O2. The molecule has 0 spiro atoms. The van der Waals surface area contributed by atoms with E-state index in [1.165, 1.54) is 36.8 Å². The number of aryl methyl sites for hydroxylation is 2. The molecule has 0 saturated heterocycles. The summed E-state index contributed by atoms with van der Waals surface area (Å²) >= 11 is 0. The van der Waals surface area contributed by atoms with Gasteiger partial charge in [0.15, 0.2) is 0 Å². The lowest BCUT2D eigenvalue weighted by atomic mass is 10.0. The fourth-order valence-electron chi connectivity index (χ4n) is 2.48. The van der Waals surface area contributed by atoms with Gasteiger partial charge in [-0.25, -0.2) is 0 Å².